The molecule has 1 nitrogen and oxygen atoms in total. The van der Waals surface area contributed by atoms with E-state index in [0.717, 1.165) is 6.92 Å². The number of hydrogen-bond donors (Lipinski definition) is 1. The first-order valence-electron chi connectivity index (χ1n) is 3.16. The number of nitrogens with two attached hydrogens (primary N) is 1. The zero-order chi connectivity index (χ0) is 8.36. The molecule has 62 valence electrons. The summed E-state index contributed by atoms with van der Waals surface area (Å²) in [6.45, 7) is 2.71. The summed E-state index contributed by atoms with van der Waals surface area (Å²) in [5, 5.41) is 0. The summed E-state index contributed by atoms with van der Waals surface area (Å²) < 4.78 is 35.3. The summed E-state index contributed by atoms with van der Waals surface area (Å²) in [6, 6.07) is -0.378. The van der Waals surface area contributed by atoms with Gasteiger partial charge in [-0.1, -0.05) is 6.92 Å². The van der Waals surface area contributed by atoms with Crippen molar-refractivity contribution in [1.29, 1.82) is 0 Å². The molecule has 0 saturated heterocycles. The molecule has 0 aliphatic carbocycles. The summed E-state index contributed by atoms with van der Waals surface area (Å²) in [4.78, 5) is 0. The van der Waals surface area contributed by atoms with Crippen molar-refractivity contribution in [3.8, 4) is 0 Å². The van der Waals surface area contributed by atoms with Crippen LogP contribution in [0.25, 0.3) is 0 Å². The lowest BCUT2D eigenvalue weighted by Crippen LogP contribution is -2.27. The van der Waals surface area contributed by atoms with Crippen molar-refractivity contribution >= 4 is 0 Å². The molecule has 2 N–H and O–H groups in total. The Bertz CT molecular complexity index is 97.7. The van der Waals surface area contributed by atoms with E-state index in [1.807, 2.05) is 0 Å². The van der Waals surface area contributed by atoms with Crippen LogP contribution in [0, 0.1) is 5.92 Å². The van der Waals surface area contributed by atoms with Crippen molar-refractivity contribution in [2.24, 2.45) is 11.7 Å². The van der Waals surface area contributed by atoms with Crippen LogP contribution < -0.4 is 5.73 Å². The minimum atomic E-state index is -4.09. The van der Waals surface area contributed by atoms with Gasteiger partial charge in [0.25, 0.3) is 0 Å². The Kier molecular flexibility index (Phi) is 3.15. The van der Waals surface area contributed by atoms with E-state index in [1.54, 1.807) is 6.92 Å². The van der Waals surface area contributed by atoms with Gasteiger partial charge in [0.2, 0.25) is 0 Å². The normalized spacial score (nSPS) is 18.6. The van der Waals surface area contributed by atoms with E-state index in [-0.39, 0.29) is 12.5 Å². The molecule has 2 atom stereocenters. The van der Waals surface area contributed by atoms with Crippen LogP contribution in [0.1, 0.15) is 20.3 Å². The van der Waals surface area contributed by atoms with Gasteiger partial charge in [0, 0.05) is 6.04 Å². The highest BCUT2D eigenvalue weighted by atomic mass is 19.4. The lowest BCUT2D eigenvalue weighted by Gasteiger charge is -2.16. The summed E-state index contributed by atoms with van der Waals surface area (Å²) in [5.41, 5.74) is 5.19. The second kappa shape index (κ2) is 3.23. The number of halogens is 3. The Morgan fingerprint density at radius 3 is 1.80 bits per heavy atom. The lowest BCUT2D eigenvalue weighted by molar-refractivity contribution is -0.171. The quantitative estimate of drug-likeness (QED) is 0.647. The van der Waals surface area contributed by atoms with Crippen LogP contribution in [-0.2, 0) is 0 Å². The van der Waals surface area contributed by atoms with Gasteiger partial charge in [0.05, 0.1) is 5.92 Å². The van der Waals surface area contributed by atoms with Gasteiger partial charge in [0.15, 0.2) is 0 Å². The number of alkyl halides is 3. The molecule has 0 radical (unpaired) electrons. The Labute approximate surface area is 58.4 Å². The van der Waals surface area contributed by atoms with Crippen molar-refractivity contribution in [3.05, 3.63) is 0 Å². The van der Waals surface area contributed by atoms with E-state index in [4.69, 9.17) is 5.73 Å². The average Bonchev–Trinajstić information content (AvgIpc) is 1.60. The van der Waals surface area contributed by atoms with E-state index in [2.05, 4.69) is 0 Å². The molecule has 0 fully saturated rings. The van der Waals surface area contributed by atoms with E-state index in [0.29, 0.717) is 0 Å². The fraction of sp³-hybridized carbons (Fsp3) is 1.00. The molecule has 0 aromatic carbocycles. The van der Waals surface area contributed by atoms with Crippen molar-refractivity contribution in [2.45, 2.75) is 32.5 Å². The summed E-state index contributed by atoms with van der Waals surface area (Å²) in [6.07, 6.45) is -4.09. The molecule has 0 aromatic rings. The lowest BCUT2D eigenvalue weighted by atomic mass is 10.0. The molecule has 0 amide bonds. The first-order chi connectivity index (χ1) is 4.34. The molecule has 0 heterocycles. The maximum atomic E-state index is 11.8. The van der Waals surface area contributed by atoms with Gasteiger partial charge in [0.1, 0.15) is 0 Å². The van der Waals surface area contributed by atoms with Crippen LogP contribution in [0.2, 0.25) is 0 Å². The third-order valence-electron chi connectivity index (χ3n) is 1.28. The summed E-state index contributed by atoms with van der Waals surface area (Å²) in [5.74, 6) is -1.28. The second-order valence-corrected chi connectivity index (χ2v) is 2.66. The van der Waals surface area contributed by atoms with Crippen molar-refractivity contribution in [3.63, 3.8) is 0 Å². The fourth-order valence-electron chi connectivity index (χ4n) is 0.691. The molecule has 4 heteroatoms. The van der Waals surface area contributed by atoms with Gasteiger partial charge in [-0.25, -0.2) is 0 Å². The van der Waals surface area contributed by atoms with Crippen molar-refractivity contribution < 1.29 is 13.2 Å². The van der Waals surface area contributed by atoms with Gasteiger partial charge < -0.3 is 5.73 Å². The largest absolute Gasteiger partial charge is 0.391 e. The molecule has 0 aromatic heterocycles. The van der Waals surface area contributed by atoms with Gasteiger partial charge in [-0.15, -0.1) is 0 Å². The van der Waals surface area contributed by atoms with E-state index in [9.17, 15) is 13.2 Å². The van der Waals surface area contributed by atoms with Crippen LogP contribution in [0.3, 0.4) is 0 Å². The molecular weight excluding hydrogens is 143 g/mol. The fourth-order valence-corrected chi connectivity index (χ4v) is 0.691. The smallest absolute Gasteiger partial charge is 0.328 e. The van der Waals surface area contributed by atoms with Crippen LogP contribution in [-0.4, -0.2) is 12.2 Å². The summed E-state index contributed by atoms with van der Waals surface area (Å²) >= 11 is 0. The predicted octanol–water partition coefficient (Wildman–Crippen LogP) is 1.92. The highest BCUT2D eigenvalue weighted by Gasteiger charge is 2.35. The van der Waals surface area contributed by atoms with Gasteiger partial charge >= 0.3 is 6.18 Å². The highest BCUT2D eigenvalue weighted by Crippen LogP contribution is 2.28. The average molecular weight is 155 g/mol. The SMILES string of the molecule is C[C@H](N)C[C@@H](C)C(F)(F)F. The minimum Gasteiger partial charge on any atom is -0.328 e. The molecular formula is C6H12F3N. The molecule has 0 spiro atoms. The van der Waals surface area contributed by atoms with E-state index < -0.39 is 12.1 Å². The Hall–Kier alpha value is -0.250. The number of hydrogen-bond acceptors (Lipinski definition) is 1. The van der Waals surface area contributed by atoms with Crippen molar-refractivity contribution in [2.75, 3.05) is 0 Å². The van der Waals surface area contributed by atoms with Crippen LogP contribution in [0.5, 0.6) is 0 Å². The topological polar surface area (TPSA) is 26.0 Å². The van der Waals surface area contributed by atoms with Crippen LogP contribution >= 0.6 is 0 Å². The highest BCUT2D eigenvalue weighted by molar-refractivity contribution is 4.66. The molecule has 0 unspecified atom stereocenters. The predicted molar refractivity (Wildman–Crippen MR) is 33.5 cm³/mol. The first kappa shape index (κ1) is 9.75. The minimum absolute atomic E-state index is 0.00347. The zero-order valence-electron chi connectivity index (χ0n) is 6.07. The van der Waals surface area contributed by atoms with Crippen LogP contribution in [0.15, 0.2) is 0 Å². The van der Waals surface area contributed by atoms with E-state index in [1.165, 1.54) is 0 Å². The molecule has 0 aliphatic rings. The first-order valence-corrected chi connectivity index (χ1v) is 3.16. The molecule has 0 rings (SSSR count). The molecule has 0 aliphatic heterocycles. The van der Waals surface area contributed by atoms with Crippen molar-refractivity contribution in [1.82, 2.24) is 0 Å². The Balaban J connectivity index is 3.73. The van der Waals surface area contributed by atoms with Gasteiger partial charge in [-0.05, 0) is 13.3 Å². The van der Waals surface area contributed by atoms with Gasteiger partial charge in [-0.2, -0.15) is 13.2 Å². The number of rotatable bonds is 2. The van der Waals surface area contributed by atoms with E-state index >= 15 is 0 Å². The van der Waals surface area contributed by atoms with Gasteiger partial charge in [-0.3, -0.25) is 0 Å². The third kappa shape index (κ3) is 3.71. The maximum Gasteiger partial charge on any atom is 0.391 e. The zero-order valence-corrected chi connectivity index (χ0v) is 6.07. The standard InChI is InChI=1S/C6H12F3N/c1-4(3-5(2)10)6(7,8)9/h4-5H,3,10H2,1-2H3/t4-,5+/m1/s1. The third-order valence-corrected chi connectivity index (χ3v) is 1.28. The molecule has 0 bridgehead atoms. The Morgan fingerprint density at radius 1 is 1.30 bits per heavy atom. The summed E-state index contributed by atoms with van der Waals surface area (Å²) in [7, 11) is 0. The second-order valence-electron chi connectivity index (χ2n) is 2.66. The molecule has 10 heavy (non-hydrogen) atoms. The maximum absolute atomic E-state index is 11.8. The Morgan fingerprint density at radius 2 is 1.70 bits per heavy atom. The monoisotopic (exact) mass is 155 g/mol. The molecule has 0 saturated carbocycles. The van der Waals surface area contributed by atoms with Crippen LogP contribution in [0.4, 0.5) is 13.2 Å².